The molecule has 0 amide bonds. The van der Waals surface area contributed by atoms with Crippen LogP contribution in [0.25, 0.3) is 10.7 Å². The minimum absolute atomic E-state index is 0.773. The van der Waals surface area contributed by atoms with Gasteiger partial charge in [-0.2, -0.15) is 0 Å². The minimum atomic E-state index is 0.773. The number of nitrogens with zero attached hydrogens (tertiary/aromatic N) is 3. The van der Waals surface area contributed by atoms with E-state index in [0.29, 0.717) is 0 Å². The fourth-order valence-corrected chi connectivity index (χ4v) is 4.31. The van der Waals surface area contributed by atoms with Gasteiger partial charge >= 0.3 is 0 Å². The molecule has 0 saturated heterocycles. The van der Waals surface area contributed by atoms with Crippen molar-refractivity contribution in [1.82, 2.24) is 14.8 Å². The molecule has 5 nitrogen and oxygen atoms in total. The molecule has 0 spiro atoms. The third kappa shape index (κ3) is 3.99. The van der Waals surface area contributed by atoms with E-state index in [-0.39, 0.29) is 0 Å². The highest BCUT2D eigenvalue weighted by molar-refractivity contribution is 7.98. The van der Waals surface area contributed by atoms with Crippen LogP contribution < -0.4 is 9.47 Å². The van der Waals surface area contributed by atoms with E-state index in [1.165, 1.54) is 4.88 Å². The quantitative estimate of drug-likeness (QED) is 0.563. The average molecular weight is 376 g/mol. The second-order valence-electron chi connectivity index (χ2n) is 5.47. The van der Waals surface area contributed by atoms with E-state index < -0.39 is 0 Å². The Hall–Kier alpha value is -1.99. The first-order chi connectivity index (χ1) is 12.1. The molecule has 0 N–H and O–H groups in total. The van der Waals surface area contributed by atoms with Gasteiger partial charge in [0.25, 0.3) is 0 Å². The number of rotatable bonds is 7. The van der Waals surface area contributed by atoms with E-state index >= 15 is 0 Å². The van der Waals surface area contributed by atoms with Crippen molar-refractivity contribution in [3.63, 3.8) is 0 Å². The monoisotopic (exact) mass is 375 g/mol. The number of aromatic nitrogens is 3. The lowest BCUT2D eigenvalue weighted by molar-refractivity contribution is 0.393. The molecule has 0 bridgehead atoms. The molecule has 0 aliphatic carbocycles. The van der Waals surface area contributed by atoms with Gasteiger partial charge in [0.1, 0.15) is 11.5 Å². The predicted molar refractivity (Wildman–Crippen MR) is 103 cm³/mol. The highest BCUT2D eigenvalue weighted by atomic mass is 32.2. The molecule has 0 unspecified atom stereocenters. The summed E-state index contributed by atoms with van der Waals surface area (Å²) in [6, 6.07) is 10.1. The topological polar surface area (TPSA) is 49.2 Å². The number of aryl methyl sites for hydroxylation is 1. The van der Waals surface area contributed by atoms with Crippen LogP contribution in [0.5, 0.6) is 11.5 Å². The van der Waals surface area contributed by atoms with E-state index in [1.54, 1.807) is 37.3 Å². The molecule has 0 fully saturated rings. The fraction of sp³-hybridized carbons (Fsp3) is 0.333. The van der Waals surface area contributed by atoms with E-state index in [0.717, 1.165) is 45.2 Å². The second kappa shape index (κ2) is 7.93. The maximum atomic E-state index is 5.34. The van der Waals surface area contributed by atoms with Gasteiger partial charge in [-0.15, -0.1) is 21.5 Å². The van der Waals surface area contributed by atoms with E-state index in [1.807, 2.05) is 18.2 Å². The van der Waals surface area contributed by atoms with E-state index in [9.17, 15) is 0 Å². The highest BCUT2D eigenvalue weighted by Gasteiger charge is 2.15. The average Bonchev–Trinajstić information content (AvgIpc) is 3.24. The molecule has 25 heavy (non-hydrogen) atoms. The Morgan fingerprint density at radius 1 is 1.08 bits per heavy atom. The van der Waals surface area contributed by atoms with Gasteiger partial charge in [-0.05, 0) is 43.7 Å². The van der Waals surface area contributed by atoms with Gasteiger partial charge in [-0.1, -0.05) is 11.8 Å². The largest absolute Gasteiger partial charge is 0.497 e. The summed E-state index contributed by atoms with van der Waals surface area (Å²) in [5.41, 5.74) is 1.13. The van der Waals surface area contributed by atoms with Crippen molar-refractivity contribution in [2.24, 2.45) is 0 Å². The summed E-state index contributed by atoms with van der Waals surface area (Å²) >= 11 is 3.41. The lowest BCUT2D eigenvalue weighted by Crippen LogP contribution is -1.99. The van der Waals surface area contributed by atoms with Gasteiger partial charge in [0, 0.05) is 23.2 Å². The Morgan fingerprint density at radius 2 is 1.80 bits per heavy atom. The van der Waals surface area contributed by atoms with Gasteiger partial charge in [0.2, 0.25) is 0 Å². The van der Waals surface area contributed by atoms with Crippen molar-refractivity contribution < 1.29 is 9.47 Å². The van der Waals surface area contributed by atoms with Gasteiger partial charge in [-0.3, -0.25) is 0 Å². The molecule has 3 rings (SSSR count). The van der Waals surface area contributed by atoms with Gasteiger partial charge < -0.3 is 14.0 Å². The van der Waals surface area contributed by atoms with Crippen molar-refractivity contribution in [2.45, 2.75) is 31.3 Å². The Kier molecular flexibility index (Phi) is 5.65. The maximum absolute atomic E-state index is 5.34. The van der Waals surface area contributed by atoms with Gasteiger partial charge in [0.05, 0.1) is 19.1 Å². The molecular weight excluding hydrogens is 354 g/mol. The first kappa shape index (κ1) is 17.8. The van der Waals surface area contributed by atoms with Crippen LogP contribution in [-0.2, 0) is 12.3 Å². The number of methoxy groups -OCH3 is 2. The number of benzene rings is 1. The molecule has 0 radical (unpaired) electrons. The SMILES string of the molecule is CCn1c(SCc2cc(OC)cc(OC)c2)nnc1-c1ccc(C)s1. The molecule has 2 aromatic heterocycles. The number of ether oxygens (including phenoxy) is 2. The van der Waals surface area contributed by atoms with Crippen LogP contribution in [-0.4, -0.2) is 29.0 Å². The Balaban J connectivity index is 1.81. The van der Waals surface area contributed by atoms with Gasteiger partial charge in [-0.25, -0.2) is 0 Å². The highest BCUT2D eigenvalue weighted by Crippen LogP contribution is 2.31. The summed E-state index contributed by atoms with van der Waals surface area (Å²) < 4.78 is 12.8. The molecule has 7 heteroatoms. The number of hydrogen-bond acceptors (Lipinski definition) is 6. The molecule has 1 aromatic carbocycles. The smallest absolute Gasteiger partial charge is 0.191 e. The third-order valence-corrected chi connectivity index (χ3v) is 5.81. The molecule has 0 saturated carbocycles. The van der Waals surface area contributed by atoms with Crippen LogP contribution >= 0.6 is 23.1 Å². The number of thiophene rings is 1. The summed E-state index contributed by atoms with van der Waals surface area (Å²) in [5.74, 6) is 3.30. The van der Waals surface area contributed by atoms with E-state index in [2.05, 4.69) is 40.7 Å². The summed E-state index contributed by atoms with van der Waals surface area (Å²) in [5, 5.41) is 9.72. The predicted octanol–water partition coefficient (Wildman–Crippen LogP) is 4.64. The molecule has 0 atom stereocenters. The normalized spacial score (nSPS) is 10.9. The van der Waals surface area contributed by atoms with Crippen molar-refractivity contribution in [1.29, 1.82) is 0 Å². The molecular formula is C18H21N3O2S2. The van der Waals surface area contributed by atoms with Crippen molar-refractivity contribution in [2.75, 3.05) is 14.2 Å². The van der Waals surface area contributed by atoms with Crippen molar-refractivity contribution in [3.8, 4) is 22.2 Å². The van der Waals surface area contributed by atoms with Crippen molar-refractivity contribution >= 4 is 23.1 Å². The summed E-state index contributed by atoms with van der Waals surface area (Å²) in [6.45, 7) is 5.06. The summed E-state index contributed by atoms with van der Waals surface area (Å²) in [7, 11) is 3.32. The number of hydrogen-bond donors (Lipinski definition) is 0. The standard InChI is InChI=1S/C18H21N3O2S2/c1-5-21-17(16-7-6-12(2)25-16)19-20-18(21)24-11-13-8-14(22-3)10-15(9-13)23-4/h6-10H,5,11H2,1-4H3. The van der Waals surface area contributed by atoms with Crippen LogP contribution in [0.15, 0.2) is 35.5 Å². The zero-order chi connectivity index (χ0) is 17.8. The minimum Gasteiger partial charge on any atom is -0.497 e. The van der Waals surface area contributed by atoms with Crippen LogP contribution in [0.4, 0.5) is 0 Å². The van der Waals surface area contributed by atoms with Crippen LogP contribution in [0.3, 0.4) is 0 Å². The summed E-state index contributed by atoms with van der Waals surface area (Å²) in [6.07, 6.45) is 0. The first-order valence-electron chi connectivity index (χ1n) is 7.99. The molecule has 2 heterocycles. The zero-order valence-corrected chi connectivity index (χ0v) is 16.4. The Labute approximate surface area is 156 Å². The molecule has 132 valence electrons. The van der Waals surface area contributed by atoms with E-state index in [4.69, 9.17) is 9.47 Å². The Bertz CT molecular complexity index is 836. The summed E-state index contributed by atoms with van der Waals surface area (Å²) in [4.78, 5) is 2.43. The number of thioether (sulfide) groups is 1. The first-order valence-corrected chi connectivity index (χ1v) is 9.79. The molecule has 0 aliphatic rings. The molecule has 0 aliphatic heterocycles. The lowest BCUT2D eigenvalue weighted by Gasteiger charge is -2.09. The van der Waals surface area contributed by atoms with Crippen LogP contribution in [0.2, 0.25) is 0 Å². The zero-order valence-electron chi connectivity index (χ0n) is 14.8. The van der Waals surface area contributed by atoms with Crippen molar-refractivity contribution in [3.05, 3.63) is 40.8 Å². The lowest BCUT2D eigenvalue weighted by atomic mass is 10.2. The third-order valence-electron chi connectivity index (χ3n) is 3.77. The second-order valence-corrected chi connectivity index (χ2v) is 7.70. The van der Waals surface area contributed by atoms with Crippen LogP contribution in [0, 0.1) is 6.92 Å². The Morgan fingerprint density at radius 3 is 2.36 bits per heavy atom. The molecule has 3 aromatic rings. The van der Waals surface area contributed by atoms with Gasteiger partial charge in [0.15, 0.2) is 11.0 Å². The van der Waals surface area contributed by atoms with Crippen LogP contribution in [0.1, 0.15) is 17.4 Å². The fourth-order valence-electron chi connectivity index (χ4n) is 2.52. The maximum Gasteiger partial charge on any atom is 0.191 e.